The summed E-state index contributed by atoms with van der Waals surface area (Å²) in [7, 11) is 0. The number of hydrogen-bond donors (Lipinski definition) is 1. The van der Waals surface area contributed by atoms with Crippen molar-refractivity contribution in [2.24, 2.45) is 5.92 Å². The van der Waals surface area contributed by atoms with E-state index in [4.69, 9.17) is 4.74 Å². The van der Waals surface area contributed by atoms with Crippen molar-refractivity contribution in [3.8, 4) is 11.4 Å². The lowest BCUT2D eigenvalue weighted by molar-refractivity contribution is -0.162. The van der Waals surface area contributed by atoms with Crippen LogP contribution in [0.15, 0.2) is 30.6 Å². The van der Waals surface area contributed by atoms with Gasteiger partial charge in [-0.2, -0.15) is 0 Å². The molecule has 1 saturated heterocycles. The van der Waals surface area contributed by atoms with Gasteiger partial charge in [0.15, 0.2) is 11.6 Å². The van der Waals surface area contributed by atoms with Gasteiger partial charge in [-0.1, -0.05) is 13.0 Å². The Hall–Kier alpha value is -2.54. The Labute approximate surface area is 176 Å². The Morgan fingerprint density at radius 1 is 1.37 bits per heavy atom. The van der Waals surface area contributed by atoms with Crippen LogP contribution in [0.5, 0.6) is 0 Å². The summed E-state index contributed by atoms with van der Waals surface area (Å²) in [5.41, 5.74) is 2.15. The maximum absolute atomic E-state index is 13.3. The molecule has 2 aliphatic rings. The van der Waals surface area contributed by atoms with Gasteiger partial charge in [0.1, 0.15) is 0 Å². The first-order valence-corrected chi connectivity index (χ1v) is 10.6. The monoisotopic (exact) mass is 412 g/mol. The van der Waals surface area contributed by atoms with Crippen LogP contribution in [0.25, 0.3) is 11.4 Å². The van der Waals surface area contributed by atoms with E-state index >= 15 is 0 Å². The van der Waals surface area contributed by atoms with Gasteiger partial charge in [-0.15, -0.1) is 0 Å². The van der Waals surface area contributed by atoms with Crippen molar-refractivity contribution in [3.05, 3.63) is 42.0 Å². The molecule has 1 N–H and O–H groups in total. The van der Waals surface area contributed by atoms with Crippen molar-refractivity contribution in [2.45, 2.75) is 64.6 Å². The second kappa shape index (κ2) is 7.95. The van der Waals surface area contributed by atoms with Crippen molar-refractivity contribution in [2.75, 3.05) is 11.9 Å². The van der Waals surface area contributed by atoms with Gasteiger partial charge in [-0.3, -0.25) is 0 Å². The van der Waals surface area contributed by atoms with E-state index in [1.807, 2.05) is 36.9 Å². The number of aryl methyl sites for hydroxylation is 1. The SMILES string of the molecule is CCOC(C)C12CC(C)CC(C1)N2C(=O)Nc1ccc(C)c(-c2ncc(F)cn2)c1. The molecule has 4 unspecified atom stereocenters. The Morgan fingerprint density at radius 2 is 2.10 bits per heavy atom. The fraction of sp³-hybridized carbons (Fsp3) is 0.522. The van der Waals surface area contributed by atoms with E-state index in [1.54, 1.807) is 0 Å². The standard InChI is InChI=1S/C23H29FN4O2/c1-5-30-16(4)23-10-14(2)8-19(11-23)28(23)22(29)27-18-7-6-15(3)20(9-18)21-25-12-17(24)13-26-21/h6-7,9,12-14,16,19H,5,8,10-11H2,1-4H3,(H,27,29). The lowest BCUT2D eigenvalue weighted by atomic mass is 9.62. The van der Waals surface area contributed by atoms with E-state index in [0.717, 1.165) is 42.8 Å². The predicted molar refractivity (Wildman–Crippen MR) is 114 cm³/mol. The van der Waals surface area contributed by atoms with Crippen LogP contribution >= 0.6 is 0 Å². The highest BCUT2D eigenvalue weighted by atomic mass is 19.1. The molecule has 160 valence electrons. The molecule has 1 aromatic heterocycles. The Bertz CT molecular complexity index is 935. The largest absolute Gasteiger partial charge is 0.376 e. The third kappa shape index (κ3) is 3.55. The first-order chi connectivity index (χ1) is 14.3. The third-order valence-electron chi connectivity index (χ3n) is 6.55. The van der Waals surface area contributed by atoms with Gasteiger partial charge in [-0.05, 0) is 63.6 Å². The van der Waals surface area contributed by atoms with Gasteiger partial charge in [0.2, 0.25) is 0 Å². The summed E-state index contributed by atoms with van der Waals surface area (Å²) in [4.78, 5) is 23.4. The van der Waals surface area contributed by atoms with Crippen LogP contribution in [0.3, 0.4) is 0 Å². The Kier molecular flexibility index (Phi) is 5.49. The number of anilines is 1. The van der Waals surface area contributed by atoms with Crippen molar-refractivity contribution < 1.29 is 13.9 Å². The summed E-state index contributed by atoms with van der Waals surface area (Å²) in [5.74, 6) is 0.534. The highest BCUT2D eigenvalue weighted by Gasteiger charge is 2.61. The van der Waals surface area contributed by atoms with Gasteiger partial charge in [0.25, 0.3) is 0 Å². The van der Waals surface area contributed by atoms with Gasteiger partial charge in [0.05, 0.1) is 24.0 Å². The highest BCUT2D eigenvalue weighted by molar-refractivity contribution is 5.92. The van der Waals surface area contributed by atoms with Gasteiger partial charge in [-0.25, -0.2) is 19.2 Å². The Morgan fingerprint density at radius 3 is 2.80 bits per heavy atom. The fourth-order valence-electron chi connectivity index (χ4n) is 5.25. The van der Waals surface area contributed by atoms with Crippen molar-refractivity contribution >= 4 is 11.7 Å². The van der Waals surface area contributed by atoms with E-state index in [-0.39, 0.29) is 23.7 Å². The van der Waals surface area contributed by atoms with Crippen LogP contribution in [0.2, 0.25) is 0 Å². The Balaban J connectivity index is 1.56. The molecule has 1 aliphatic carbocycles. The number of benzene rings is 1. The first kappa shape index (κ1) is 20.7. The van der Waals surface area contributed by atoms with Gasteiger partial charge < -0.3 is 15.0 Å². The number of carbonyl (C=O) groups is 1. The van der Waals surface area contributed by atoms with Crippen LogP contribution in [-0.4, -0.2) is 45.2 Å². The number of aromatic nitrogens is 2. The van der Waals surface area contributed by atoms with E-state index < -0.39 is 5.82 Å². The number of likely N-dealkylation sites (tertiary alicyclic amines) is 1. The summed E-state index contributed by atoms with van der Waals surface area (Å²) in [6, 6.07) is 5.78. The number of carbonyl (C=O) groups excluding carboxylic acids is 1. The molecule has 4 rings (SSSR count). The quantitative estimate of drug-likeness (QED) is 0.767. The zero-order chi connectivity index (χ0) is 21.5. The molecule has 6 nitrogen and oxygen atoms in total. The number of piperidine rings is 1. The highest BCUT2D eigenvalue weighted by Crippen LogP contribution is 2.52. The number of nitrogens with one attached hydrogen (secondary N) is 1. The molecule has 4 atom stereocenters. The summed E-state index contributed by atoms with van der Waals surface area (Å²) in [6.07, 6.45) is 5.27. The fourth-order valence-corrected chi connectivity index (χ4v) is 5.25. The maximum Gasteiger partial charge on any atom is 0.322 e. The van der Waals surface area contributed by atoms with E-state index in [0.29, 0.717) is 24.0 Å². The zero-order valence-corrected chi connectivity index (χ0v) is 18.0. The molecule has 0 radical (unpaired) electrons. The van der Waals surface area contributed by atoms with Crippen molar-refractivity contribution in [1.82, 2.24) is 14.9 Å². The molecule has 2 heterocycles. The molecule has 0 spiro atoms. The van der Waals surface area contributed by atoms with Gasteiger partial charge in [0, 0.05) is 23.9 Å². The molecule has 2 amide bonds. The summed E-state index contributed by atoms with van der Waals surface area (Å²) >= 11 is 0. The van der Waals surface area contributed by atoms with Crippen molar-refractivity contribution in [3.63, 3.8) is 0 Å². The van der Waals surface area contributed by atoms with Crippen molar-refractivity contribution in [1.29, 1.82) is 0 Å². The number of ether oxygens (including phenoxy) is 1. The molecule has 1 aliphatic heterocycles. The average Bonchev–Trinajstić information content (AvgIpc) is 2.69. The molecule has 1 aromatic carbocycles. The molecule has 2 aromatic rings. The average molecular weight is 413 g/mol. The molecule has 1 saturated carbocycles. The smallest absolute Gasteiger partial charge is 0.322 e. The number of hydrogen-bond acceptors (Lipinski definition) is 4. The molecular weight excluding hydrogens is 383 g/mol. The number of amides is 2. The van der Waals surface area contributed by atoms with Crippen LogP contribution in [0.1, 0.15) is 45.6 Å². The third-order valence-corrected chi connectivity index (χ3v) is 6.55. The first-order valence-electron chi connectivity index (χ1n) is 10.6. The summed E-state index contributed by atoms with van der Waals surface area (Å²) in [5, 5.41) is 3.06. The van der Waals surface area contributed by atoms with E-state index in [1.165, 1.54) is 0 Å². The molecule has 30 heavy (non-hydrogen) atoms. The van der Waals surface area contributed by atoms with Crippen LogP contribution < -0.4 is 5.32 Å². The predicted octanol–water partition coefficient (Wildman–Crippen LogP) is 4.79. The summed E-state index contributed by atoms with van der Waals surface area (Å²) < 4.78 is 19.1. The molecule has 2 fully saturated rings. The minimum absolute atomic E-state index is 0.00607. The van der Waals surface area contributed by atoms with E-state index in [9.17, 15) is 9.18 Å². The van der Waals surface area contributed by atoms with Crippen LogP contribution in [0, 0.1) is 18.7 Å². The molecular formula is C23H29FN4O2. The lowest BCUT2D eigenvalue weighted by Gasteiger charge is -2.65. The lowest BCUT2D eigenvalue weighted by Crippen LogP contribution is -2.76. The minimum Gasteiger partial charge on any atom is -0.376 e. The normalized spacial score (nSPS) is 26.1. The number of fused-ring (bicyclic) bond motifs is 2. The van der Waals surface area contributed by atoms with Gasteiger partial charge >= 0.3 is 6.03 Å². The number of urea groups is 1. The number of rotatable bonds is 5. The number of nitrogens with zero attached hydrogens (tertiary/aromatic N) is 3. The van der Waals surface area contributed by atoms with Crippen LogP contribution in [-0.2, 0) is 4.74 Å². The van der Waals surface area contributed by atoms with Crippen LogP contribution in [0.4, 0.5) is 14.9 Å². The second-order valence-corrected chi connectivity index (χ2v) is 8.66. The number of halogens is 1. The molecule has 7 heteroatoms. The topological polar surface area (TPSA) is 67.3 Å². The van der Waals surface area contributed by atoms with E-state index in [2.05, 4.69) is 29.1 Å². The molecule has 2 bridgehead atoms. The zero-order valence-electron chi connectivity index (χ0n) is 18.0. The second-order valence-electron chi connectivity index (χ2n) is 8.66. The maximum atomic E-state index is 13.3. The minimum atomic E-state index is -0.479. The summed E-state index contributed by atoms with van der Waals surface area (Å²) in [6.45, 7) is 8.90.